The van der Waals surface area contributed by atoms with Crippen molar-refractivity contribution in [3.8, 4) is 5.75 Å². The fourth-order valence-electron chi connectivity index (χ4n) is 1.51. The van der Waals surface area contributed by atoms with Crippen LogP contribution in [0.2, 0.25) is 5.02 Å². The molecule has 2 nitrogen and oxygen atoms in total. The minimum absolute atomic E-state index is 0.121. The Kier molecular flexibility index (Phi) is 4.87. The van der Waals surface area contributed by atoms with Crippen LogP contribution in [0.4, 0.5) is 13.2 Å². The summed E-state index contributed by atoms with van der Waals surface area (Å²) < 4.78 is 43.0. The van der Waals surface area contributed by atoms with Crippen LogP contribution in [0.1, 0.15) is 19.4 Å². The van der Waals surface area contributed by atoms with Crippen LogP contribution >= 0.6 is 11.6 Å². The Balaban J connectivity index is 2.95. The minimum Gasteiger partial charge on any atom is -0.479 e. The van der Waals surface area contributed by atoms with Gasteiger partial charge in [-0.2, -0.15) is 13.2 Å². The molecule has 0 aliphatic carbocycles. The van der Waals surface area contributed by atoms with E-state index in [2.05, 4.69) is 0 Å². The summed E-state index contributed by atoms with van der Waals surface area (Å²) in [6, 6.07) is 3.28. The zero-order valence-corrected chi connectivity index (χ0v) is 10.8. The third kappa shape index (κ3) is 3.78. The minimum atomic E-state index is -4.50. The van der Waals surface area contributed by atoms with Gasteiger partial charge in [0.1, 0.15) is 5.75 Å². The van der Waals surface area contributed by atoms with E-state index < -0.39 is 18.3 Å². The Morgan fingerprint density at radius 2 is 2.00 bits per heavy atom. The number of hydrogen-bond acceptors (Lipinski definition) is 2. The van der Waals surface area contributed by atoms with Crippen molar-refractivity contribution in [1.29, 1.82) is 0 Å². The number of halogens is 4. The van der Waals surface area contributed by atoms with Crippen molar-refractivity contribution < 1.29 is 17.9 Å². The van der Waals surface area contributed by atoms with E-state index >= 15 is 0 Å². The smallest absolute Gasteiger partial charge is 0.426 e. The van der Waals surface area contributed by atoms with Crippen molar-refractivity contribution in [1.82, 2.24) is 0 Å². The van der Waals surface area contributed by atoms with Gasteiger partial charge in [-0.25, -0.2) is 0 Å². The summed E-state index contributed by atoms with van der Waals surface area (Å²) in [6.45, 7) is 3.12. The highest BCUT2D eigenvalue weighted by atomic mass is 35.5. The van der Waals surface area contributed by atoms with Gasteiger partial charge in [-0.1, -0.05) is 18.5 Å². The summed E-state index contributed by atoms with van der Waals surface area (Å²) in [5.74, 6) is 0.121. The summed E-state index contributed by atoms with van der Waals surface area (Å²) in [5.41, 5.74) is 6.04. The summed E-state index contributed by atoms with van der Waals surface area (Å²) in [5, 5.41) is 0.509. The zero-order chi connectivity index (χ0) is 13.9. The average molecular weight is 282 g/mol. The second kappa shape index (κ2) is 5.80. The molecule has 0 aromatic heterocycles. The molecule has 0 saturated heterocycles. The van der Waals surface area contributed by atoms with Gasteiger partial charge in [-0.05, 0) is 37.1 Å². The molecular formula is C12H15ClF3NO. The maximum atomic E-state index is 12.7. The standard InChI is InChI=1S/C12H15ClF3NO/c1-3-8-6-9(4-5-10(8)13)18-11(7(2)17)12(14,15)16/h4-7,11H,3,17H2,1-2H3. The largest absolute Gasteiger partial charge is 0.479 e. The third-order valence-corrected chi connectivity index (χ3v) is 2.83. The van der Waals surface area contributed by atoms with Crippen LogP contribution < -0.4 is 10.5 Å². The van der Waals surface area contributed by atoms with Crippen LogP contribution in [-0.4, -0.2) is 18.3 Å². The molecule has 0 radical (unpaired) electrons. The Hall–Kier alpha value is -0.940. The molecule has 0 fully saturated rings. The Morgan fingerprint density at radius 3 is 2.44 bits per heavy atom. The van der Waals surface area contributed by atoms with E-state index in [1.165, 1.54) is 25.1 Å². The number of hydrogen-bond donors (Lipinski definition) is 1. The molecule has 0 amide bonds. The van der Waals surface area contributed by atoms with Crippen molar-refractivity contribution in [2.45, 2.75) is 38.6 Å². The second-order valence-electron chi connectivity index (χ2n) is 4.05. The first-order chi connectivity index (χ1) is 8.25. The fourth-order valence-corrected chi connectivity index (χ4v) is 1.77. The summed E-state index contributed by atoms with van der Waals surface area (Å²) in [6.07, 6.45) is -5.91. The van der Waals surface area contributed by atoms with Gasteiger partial charge in [-0.3, -0.25) is 0 Å². The van der Waals surface area contributed by atoms with E-state index in [4.69, 9.17) is 22.1 Å². The normalized spacial score (nSPS) is 15.3. The van der Waals surface area contributed by atoms with Gasteiger partial charge in [-0.15, -0.1) is 0 Å². The zero-order valence-electron chi connectivity index (χ0n) is 10.1. The van der Waals surface area contributed by atoms with Crippen LogP contribution in [0, 0.1) is 0 Å². The summed E-state index contributed by atoms with van der Waals surface area (Å²) in [4.78, 5) is 0. The molecule has 0 heterocycles. The fraction of sp³-hybridized carbons (Fsp3) is 0.500. The first-order valence-electron chi connectivity index (χ1n) is 5.53. The van der Waals surface area contributed by atoms with Crippen molar-refractivity contribution in [3.05, 3.63) is 28.8 Å². The number of alkyl halides is 3. The van der Waals surface area contributed by atoms with Crippen LogP contribution in [0.5, 0.6) is 5.75 Å². The van der Waals surface area contributed by atoms with Gasteiger partial charge in [0, 0.05) is 11.1 Å². The average Bonchev–Trinajstić information content (AvgIpc) is 2.25. The summed E-state index contributed by atoms with van der Waals surface area (Å²) in [7, 11) is 0. The van der Waals surface area contributed by atoms with Crippen molar-refractivity contribution in [2.75, 3.05) is 0 Å². The van der Waals surface area contributed by atoms with Gasteiger partial charge < -0.3 is 10.5 Å². The first-order valence-corrected chi connectivity index (χ1v) is 5.91. The quantitative estimate of drug-likeness (QED) is 0.916. The monoisotopic (exact) mass is 281 g/mol. The molecule has 1 aromatic carbocycles. The maximum Gasteiger partial charge on any atom is 0.426 e. The topological polar surface area (TPSA) is 35.2 Å². The maximum absolute atomic E-state index is 12.7. The van der Waals surface area contributed by atoms with E-state index in [-0.39, 0.29) is 5.75 Å². The van der Waals surface area contributed by atoms with E-state index in [1.807, 2.05) is 6.92 Å². The highest BCUT2D eigenvalue weighted by Gasteiger charge is 2.44. The van der Waals surface area contributed by atoms with E-state index in [9.17, 15) is 13.2 Å². The second-order valence-corrected chi connectivity index (χ2v) is 4.45. The molecule has 6 heteroatoms. The van der Waals surface area contributed by atoms with Crippen molar-refractivity contribution in [3.63, 3.8) is 0 Å². The van der Waals surface area contributed by atoms with Crippen LogP contribution in [0.3, 0.4) is 0 Å². The molecule has 2 unspecified atom stereocenters. The number of rotatable bonds is 4. The molecular weight excluding hydrogens is 267 g/mol. The predicted molar refractivity (Wildman–Crippen MR) is 65.0 cm³/mol. The molecule has 18 heavy (non-hydrogen) atoms. The number of nitrogens with two attached hydrogens (primary N) is 1. The molecule has 1 rings (SSSR count). The molecule has 0 aliphatic rings. The van der Waals surface area contributed by atoms with Crippen LogP contribution in [0.25, 0.3) is 0 Å². The van der Waals surface area contributed by atoms with E-state index in [0.29, 0.717) is 11.4 Å². The lowest BCUT2D eigenvalue weighted by Crippen LogP contribution is -2.47. The number of aryl methyl sites for hydroxylation is 1. The van der Waals surface area contributed by atoms with E-state index in [1.54, 1.807) is 0 Å². The lowest BCUT2D eigenvalue weighted by atomic mass is 10.1. The third-order valence-electron chi connectivity index (χ3n) is 2.46. The molecule has 0 bridgehead atoms. The Bertz CT molecular complexity index is 407. The molecule has 2 atom stereocenters. The first kappa shape index (κ1) is 15.1. The molecule has 102 valence electrons. The van der Waals surface area contributed by atoms with Gasteiger partial charge in [0.25, 0.3) is 0 Å². The lowest BCUT2D eigenvalue weighted by Gasteiger charge is -2.25. The van der Waals surface area contributed by atoms with Crippen LogP contribution in [-0.2, 0) is 6.42 Å². The highest BCUT2D eigenvalue weighted by Crippen LogP contribution is 2.29. The molecule has 1 aromatic rings. The summed E-state index contributed by atoms with van der Waals surface area (Å²) >= 11 is 5.88. The predicted octanol–water partition coefficient (Wildman–Crippen LogP) is 3.56. The van der Waals surface area contributed by atoms with E-state index in [0.717, 1.165) is 5.56 Å². The van der Waals surface area contributed by atoms with Crippen LogP contribution in [0.15, 0.2) is 18.2 Å². The highest BCUT2D eigenvalue weighted by molar-refractivity contribution is 6.31. The Labute approximate surface area is 109 Å². The number of ether oxygens (including phenoxy) is 1. The SMILES string of the molecule is CCc1cc(OC(C(C)N)C(F)(F)F)ccc1Cl. The number of benzene rings is 1. The lowest BCUT2D eigenvalue weighted by molar-refractivity contribution is -0.199. The van der Waals surface area contributed by atoms with Gasteiger partial charge in [0.2, 0.25) is 6.10 Å². The molecule has 0 spiro atoms. The van der Waals surface area contributed by atoms with Crippen molar-refractivity contribution >= 4 is 11.6 Å². The van der Waals surface area contributed by atoms with Gasteiger partial charge >= 0.3 is 6.18 Å². The van der Waals surface area contributed by atoms with Gasteiger partial charge in [0.05, 0.1) is 0 Å². The van der Waals surface area contributed by atoms with Gasteiger partial charge in [0.15, 0.2) is 0 Å². The Morgan fingerprint density at radius 1 is 1.39 bits per heavy atom. The molecule has 2 N–H and O–H groups in total. The molecule has 0 aliphatic heterocycles. The van der Waals surface area contributed by atoms with Crippen molar-refractivity contribution in [2.24, 2.45) is 5.73 Å². The molecule has 0 saturated carbocycles.